The Balaban J connectivity index is 2.59. The van der Waals surface area contributed by atoms with Crippen LogP contribution in [0.2, 0.25) is 0 Å². The zero-order valence-electron chi connectivity index (χ0n) is 12.1. The Hall–Kier alpha value is -0.320. The van der Waals surface area contributed by atoms with Crippen LogP contribution >= 0.6 is 12.6 Å². The molecule has 1 rings (SSSR count). The molecule has 0 aliphatic heterocycles. The number of ether oxygens (including phenoxy) is 1. The van der Waals surface area contributed by atoms with E-state index in [0.717, 1.165) is 19.3 Å². The van der Waals surface area contributed by atoms with Gasteiger partial charge >= 0.3 is 0 Å². The third-order valence-corrected chi connectivity index (χ3v) is 4.36. The number of methoxy groups -OCH3 is 1. The molecular formula is C15H26O3S. The van der Waals surface area contributed by atoms with Gasteiger partial charge in [0.1, 0.15) is 5.78 Å². The van der Waals surface area contributed by atoms with Crippen LogP contribution < -0.4 is 0 Å². The van der Waals surface area contributed by atoms with E-state index in [4.69, 9.17) is 4.74 Å². The molecule has 0 saturated heterocycles. The van der Waals surface area contributed by atoms with Gasteiger partial charge in [-0.15, -0.1) is 0 Å². The van der Waals surface area contributed by atoms with Crippen LogP contribution in [0.3, 0.4) is 0 Å². The first-order valence-corrected chi connectivity index (χ1v) is 7.63. The molecule has 4 heteroatoms. The number of thiol groups is 1. The number of allylic oxidation sites excluding steroid dienone is 1. The molecule has 1 fully saturated rings. The van der Waals surface area contributed by atoms with Gasteiger partial charge in [0, 0.05) is 18.3 Å². The fraction of sp³-hybridized carbons (Fsp3) is 0.800. The van der Waals surface area contributed by atoms with Crippen LogP contribution in [-0.2, 0) is 9.53 Å². The molecule has 0 aromatic heterocycles. The van der Waals surface area contributed by atoms with Gasteiger partial charge in [0.25, 0.3) is 0 Å². The number of hydrogen-bond donors (Lipinski definition) is 2. The van der Waals surface area contributed by atoms with Crippen molar-refractivity contribution in [2.24, 2.45) is 11.8 Å². The van der Waals surface area contributed by atoms with Crippen LogP contribution in [0.15, 0.2) is 12.2 Å². The molecule has 4 unspecified atom stereocenters. The summed E-state index contributed by atoms with van der Waals surface area (Å²) in [6.07, 6.45) is 7.34. The Morgan fingerprint density at radius 2 is 2.26 bits per heavy atom. The SMILES string of the molecule is CCCCC(/C=C/C1CC(S)C([C@@H](C)O)C1=O)OC. The molecule has 5 atom stereocenters. The monoisotopic (exact) mass is 286 g/mol. The third kappa shape index (κ3) is 4.62. The lowest BCUT2D eigenvalue weighted by Gasteiger charge is -2.15. The van der Waals surface area contributed by atoms with E-state index in [1.807, 2.05) is 12.2 Å². The van der Waals surface area contributed by atoms with Crippen LogP contribution in [0.25, 0.3) is 0 Å². The van der Waals surface area contributed by atoms with Crippen molar-refractivity contribution in [1.82, 2.24) is 0 Å². The molecule has 1 aliphatic carbocycles. The Bertz CT molecular complexity index is 315. The highest BCUT2D eigenvalue weighted by atomic mass is 32.1. The molecule has 0 heterocycles. The Morgan fingerprint density at radius 3 is 2.74 bits per heavy atom. The minimum Gasteiger partial charge on any atom is -0.393 e. The fourth-order valence-electron chi connectivity index (χ4n) is 2.65. The second kappa shape index (κ2) is 8.08. The Labute approximate surface area is 121 Å². The summed E-state index contributed by atoms with van der Waals surface area (Å²) in [5, 5.41) is 9.59. The van der Waals surface area contributed by atoms with Crippen molar-refractivity contribution in [1.29, 1.82) is 0 Å². The average molecular weight is 286 g/mol. The van der Waals surface area contributed by atoms with E-state index >= 15 is 0 Å². The highest BCUT2D eigenvalue weighted by Gasteiger charge is 2.41. The number of carbonyl (C=O) groups excluding carboxylic acids is 1. The van der Waals surface area contributed by atoms with Gasteiger partial charge in [0.2, 0.25) is 0 Å². The summed E-state index contributed by atoms with van der Waals surface area (Å²) in [4.78, 5) is 12.2. The summed E-state index contributed by atoms with van der Waals surface area (Å²) >= 11 is 4.42. The van der Waals surface area contributed by atoms with Gasteiger partial charge in [-0.1, -0.05) is 31.9 Å². The van der Waals surface area contributed by atoms with Crippen molar-refractivity contribution in [3.8, 4) is 0 Å². The van der Waals surface area contributed by atoms with Gasteiger partial charge in [-0.2, -0.15) is 12.6 Å². The molecule has 0 spiro atoms. The largest absolute Gasteiger partial charge is 0.393 e. The predicted molar refractivity (Wildman–Crippen MR) is 80.5 cm³/mol. The molecule has 1 N–H and O–H groups in total. The number of carbonyl (C=O) groups is 1. The van der Waals surface area contributed by atoms with Gasteiger partial charge in [-0.05, 0) is 19.8 Å². The maximum atomic E-state index is 12.2. The molecule has 3 nitrogen and oxygen atoms in total. The minimum absolute atomic E-state index is 0.0428. The average Bonchev–Trinajstić information content (AvgIpc) is 2.64. The van der Waals surface area contributed by atoms with Gasteiger partial charge in [0.15, 0.2) is 0 Å². The summed E-state index contributed by atoms with van der Waals surface area (Å²) in [7, 11) is 1.70. The van der Waals surface area contributed by atoms with E-state index in [9.17, 15) is 9.90 Å². The first-order chi connectivity index (χ1) is 9.01. The first kappa shape index (κ1) is 16.7. The number of rotatable bonds is 7. The summed E-state index contributed by atoms with van der Waals surface area (Å²) in [6.45, 7) is 3.81. The zero-order chi connectivity index (χ0) is 14.4. The topological polar surface area (TPSA) is 46.5 Å². The second-order valence-electron chi connectivity index (χ2n) is 5.38. The second-order valence-corrected chi connectivity index (χ2v) is 6.04. The van der Waals surface area contributed by atoms with Crippen LogP contribution in [0, 0.1) is 11.8 Å². The van der Waals surface area contributed by atoms with Crippen molar-refractivity contribution in [3.63, 3.8) is 0 Å². The van der Waals surface area contributed by atoms with E-state index in [0.29, 0.717) is 6.42 Å². The molecule has 0 radical (unpaired) electrons. The van der Waals surface area contributed by atoms with Gasteiger partial charge in [-0.25, -0.2) is 0 Å². The molecule has 110 valence electrons. The lowest BCUT2D eigenvalue weighted by molar-refractivity contribution is -0.125. The standard InChI is InChI=1S/C15H26O3S/c1-4-5-6-12(18-3)8-7-11-9-13(19)14(10(2)16)15(11)17/h7-8,10-14,16,19H,4-6,9H2,1-3H3/b8-7+/t10-,11?,12?,13?,14?/m1/s1. The highest BCUT2D eigenvalue weighted by molar-refractivity contribution is 7.81. The van der Waals surface area contributed by atoms with E-state index in [1.54, 1.807) is 14.0 Å². The molecule has 0 amide bonds. The van der Waals surface area contributed by atoms with Crippen molar-refractivity contribution in [3.05, 3.63) is 12.2 Å². The molecule has 19 heavy (non-hydrogen) atoms. The summed E-state index contributed by atoms with van der Waals surface area (Å²) in [5.74, 6) is -0.354. The number of hydrogen-bond acceptors (Lipinski definition) is 4. The maximum Gasteiger partial charge on any atom is 0.146 e. The number of unbranched alkanes of at least 4 members (excludes halogenated alkanes) is 1. The zero-order valence-corrected chi connectivity index (χ0v) is 13.0. The molecule has 1 aliphatic rings. The molecule has 0 aromatic rings. The quantitative estimate of drug-likeness (QED) is 0.559. The normalized spacial score (nSPS) is 31.0. The van der Waals surface area contributed by atoms with Gasteiger partial charge in [-0.3, -0.25) is 4.79 Å². The van der Waals surface area contributed by atoms with Crippen LogP contribution in [0.5, 0.6) is 0 Å². The number of ketones is 1. The van der Waals surface area contributed by atoms with E-state index in [1.165, 1.54) is 0 Å². The first-order valence-electron chi connectivity index (χ1n) is 7.12. The minimum atomic E-state index is -0.619. The Morgan fingerprint density at radius 1 is 1.58 bits per heavy atom. The lowest BCUT2D eigenvalue weighted by Crippen LogP contribution is -2.28. The fourth-order valence-corrected chi connectivity index (χ4v) is 3.27. The summed E-state index contributed by atoms with van der Waals surface area (Å²) in [6, 6.07) is 0. The van der Waals surface area contributed by atoms with Gasteiger partial charge in [0.05, 0.1) is 18.1 Å². The van der Waals surface area contributed by atoms with Crippen LogP contribution in [-0.4, -0.2) is 35.5 Å². The number of Topliss-reactive ketones (excluding diaryl/α,β-unsaturated/α-hetero) is 1. The van der Waals surface area contributed by atoms with Crippen molar-refractivity contribution in [2.45, 2.75) is 57.0 Å². The third-order valence-electron chi connectivity index (χ3n) is 3.83. The molecule has 0 bridgehead atoms. The van der Waals surface area contributed by atoms with Crippen LogP contribution in [0.4, 0.5) is 0 Å². The smallest absolute Gasteiger partial charge is 0.146 e. The maximum absolute atomic E-state index is 12.2. The number of aliphatic hydroxyl groups is 1. The van der Waals surface area contributed by atoms with E-state index in [-0.39, 0.29) is 29.0 Å². The lowest BCUT2D eigenvalue weighted by atomic mass is 9.97. The predicted octanol–water partition coefficient (Wildman–Crippen LogP) is 2.63. The molecule has 1 saturated carbocycles. The van der Waals surface area contributed by atoms with E-state index in [2.05, 4.69) is 19.6 Å². The summed E-state index contributed by atoms with van der Waals surface area (Å²) in [5.41, 5.74) is 0. The van der Waals surface area contributed by atoms with Crippen LogP contribution in [0.1, 0.15) is 39.5 Å². The van der Waals surface area contributed by atoms with E-state index < -0.39 is 6.10 Å². The van der Waals surface area contributed by atoms with Crippen molar-refractivity contribution in [2.75, 3.05) is 7.11 Å². The van der Waals surface area contributed by atoms with Crippen molar-refractivity contribution >= 4 is 18.4 Å². The Kier molecular flexibility index (Phi) is 7.11. The number of aliphatic hydroxyl groups excluding tert-OH is 1. The highest BCUT2D eigenvalue weighted by Crippen LogP contribution is 2.34. The molecule has 0 aromatic carbocycles. The van der Waals surface area contributed by atoms with Crippen molar-refractivity contribution < 1.29 is 14.6 Å². The summed E-state index contributed by atoms with van der Waals surface area (Å²) < 4.78 is 5.38. The van der Waals surface area contributed by atoms with Gasteiger partial charge < -0.3 is 9.84 Å². The molecular weight excluding hydrogens is 260 g/mol.